The Morgan fingerprint density at radius 2 is 1.91 bits per heavy atom. The number of hydrogen-bond donors (Lipinski definition) is 1. The minimum absolute atomic E-state index is 0.118. The molecule has 1 aliphatic carbocycles. The van der Waals surface area contributed by atoms with E-state index in [2.05, 4.69) is 0 Å². The Morgan fingerprint density at radius 1 is 1.18 bits per heavy atom. The summed E-state index contributed by atoms with van der Waals surface area (Å²) >= 11 is 0. The molecule has 66 valence electrons. The Hall–Kier alpha value is -0.0800. The molecule has 0 aromatic heterocycles. The lowest BCUT2D eigenvalue weighted by Crippen LogP contribution is -2.09. The fourth-order valence-corrected chi connectivity index (χ4v) is 1.79. The van der Waals surface area contributed by atoms with Gasteiger partial charge < -0.3 is 9.84 Å². The minimum atomic E-state index is -0.118. The third kappa shape index (κ3) is 3.73. The van der Waals surface area contributed by atoms with Crippen LogP contribution in [0.4, 0.5) is 0 Å². The lowest BCUT2D eigenvalue weighted by molar-refractivity contribution is -0.00801. The van der Waals surface area contributed by atoms with Crippen LogP contribution in [0, 0.1) is 5.92 Å². The first-order valence-corrected chi connectivity index (χ1v) is 4.62. The van der Waals surface area contributed by atoms with E-state index in [9.17, 15) is 0 Å². The van der Waals surface area contributed by atoms with E-state index in [1.807, 2.05) is 0 Å². The van der Waals surface area contributed by atoms with Gasteiger partial charge in [-0.2, -0.15) is 0 Å². The summed E-state index contributed by atoms with van der Waals surface area (Å²) in [4.78, 5) is 0. The molecule has 1 aliphatic rings. The van der Waals surface area contributed by atoms with Gasteiger partial charge in [-0.25, -0.2) is 0 Å². The van der Waals surface area contributed by atoms with Gasteiger partial charge in [0.25, 0.3) is 0 Å². The van der Waals surface area contributed by atoms with Gasteiger partial charge in [0.2, 0.25) is 0 Å². The van der Waals surface area contributed by atoms with Crippen molar-refractivity contribution in [2.45, 2.75) is 38.5 Å². The van der Waals surface area contributed by atoms with Crippen LogP contribution < -0.4 is 0 Å². The van der Waals surface area contributed by atoms with Crippen molar-refractivity contribution in [3.63, 3.8) is 0 Å². The van der Waals surface area contributed by atoms with E-state index in [-0.39, 0.29) is 6.79 Å². The van der Waals surface area contributed by atoms with Crippen LogP contribution in [0.2, 0.25) is 0 Å². The Balaban J connectivity index is 1.96. The molecule has 0 saturated heterocycles. The standard InChI is InChI=1S/C9H18O2/c10-8-11-7-6-9-4-2-1-3-5-9/h9-10H,1-8H2. The molecule has 11 heavy (non-hydrogen) atoms. The molecular weight excluding hydrogens is 140 g/mol. The molecule has 1 fully saturated rings. The second-order valence-corrected chi connectivity index (χ2v) is 3.33. The number of hydrogen-bond acceptors (Lipinski definition) is 2. The summed E-state index contributed by atoms with van der Waals surface area (Å²) in [7, 11) is 0. The molecule has 0 aromatic rings. The highest BCUT2D eigenvalue weighted by Gasteiger charge is 2.12. The lowest BCUT2D eigenvalue weighted by Gasteiger charge is -2.20. The first-order chi connectivity index (χ1) is 5.43. The second-order valence-electron chi connectivity index (χ2n) is 3.33. The minimum Gasteiger partial charge on any atom is -0.371 e. The molecule has 2 heteroatoms. The van der Waals surface area contributed by atoms with Crippen LogP contribution in [-0.4, -0.2) is 18.5 Å². The van der Waals surface area contributed by atoms with Gasteiger partial charge in [-0.05, 0) is 12.3 Å². The molecule has 0 aromatic carbocycles. The van der Waals surface area contributed by atoms with Crippen molar-refractivity contribution in [2.75, 3.05) is 13.4 Å². The smallest absolute Gasteiger partial charge is 0.143 e. The monoisotopic (exact) mass is 158 g/mol. The topological polar surface area (TPSA) is 29.5 Å². The van der Waals surface area contributed by atoms with Gasteiger partial charge in [-0.15, -0.1) is 0 Å². The fraction of sp³-hybridized carbons (Fsp3) is 1.00. The number of aliphatic hydroxyl groups excluding tert-OH is 1. The third-order valence-corrected chi connectivity index (χ3v) is 2.49. The van der Waals surface area contributed by atoms with Crippen molar-refractivity contribution < 1.29 is 9.84 Å². The van der Waals surface area contributed by atoms with Crippen molar-refractivity contribution in [2.24, 2.45) is 5.92 Å². The Labute approximate surface area is 68.6 Å². The van der Waals surface area contributed by atoms with E-state index < -0.39 is 0 Å². The van der Waals surface area contributed by atoms with Crippen LogP contribution in [0.3, 0.4) is 0 Å². The SMILES string of the molecule is OCOCCC1CCCCC1. The quantitative estimate of drug-likeness (QED) is 0.500. The molecule has 0 bridgehead atoms. The van der Waals surface area contributed by atoms with Crippen LogP contribution in [0.5, 0.6) is 0 Å². The molecule has 2 nitrogen and oxygen atoms in total. The Morgan fingerprint density at radius 3 is 2.55 bits per heavy atom. The van der Waals surface area contributed by atoms with E-state index in [1.54, 1.807) is 0 Å². The summed E-state index contributed by atoms with van der Waals surface area (Å²) in [6, 6.07) is 0. The molecule has 0 radical (unpaired) electrons. The van der Waals surface area contributed by atoms with Crippen LogP contribution in [0.15, 0.2) is 0 Å². The summed E-state index contributed by atoms with van der Waals surface area (Å²) in [5.41, 5.74) is 0. The fourth-order valence-electron chi connectivity index (χ4n) is 1.79. The third-order valence-electron chi connectivity index (χ3n) is 2.49. The van der Waals surface area contributed by atoms with Crippen molar-refractivity contribution >= 4 is 0 Å². The predicted molar refractivity (Wildman–Crippen MR) is 44.2 cm³/mol. The van der Waals surface area contributed by atoms with Crippen molar-refractivity contribution in [3.8, 4) is 0 Å². The van der Waals surface area contributed by atoms with Gasteiger partial charge in [0.1, 0.15) is 6.79 Å². The van der Waals surface area contributed by atoms with Crippen molar-refractivity contribution in [1.82, 2.24) is 0 Å². The van der Waals surface area contributed by atoms with Gasteiger partial charge in [0.15, 0.2) is 0 Å². The first kappa shape index (κ1) is 9.01. The highest BCUT2D eigenvalue weighted by atomic mass is 16.6. The van der Waals surface area contributed by atoms with Gasteiger partial charge in [0, 0.05) is 6.61 Å². The van der Waals surface area contributed by atoms with Gasteiger partial charge >= 0.3 is 0 Å². The Kier molecular flexibility index (Phi) is 4.55. The molecule has 0 spiro atoms. The summed E-state index contributed by atoms with van der Waals surface area (Å²) < 4.78 is 4.89. The van der Waals surface area contributed by atoms with Crippen LogP contribution in [-0.2, 0) is 4.74 Å². The normalized spacial score (nSPS) is 20.5. The lowest BCUT2D eigenvalue weighted by atomic mass is 9.87. The zero-order valence-electron chi connectivity index (χ0n) is 7.09. The maximum absolute atomic E-state index is 8.37. The van der Waals surface area contributed by atoms with Gasteiger partial charge in [0.05, 0.1) is 0 Å². The number of aliphatic hydroxyl groups is 1. The summed E-state index contributed by atoms with van der Waals surface area (Å²) in [5, 5.41) is 8.37. The molecule has 1 saturated carbocycles. The molecule has 0 atom stereocenters. The zero-order valence-corrected chi connectivity index (χ0v) is 7.09. The molecule has 0 heterocycles. The molecule has 0 amide bonds. The van der Waals surface area contributed by atoms with Crippen LogP contribution >= 0.6 is 0 Å². The van der Waals surface area contributed by atoms with Crippen LogP contribution in [0.1, 0.15) is 38.5 Å². The number of ether oxygens (including phenoxy) is 1. The summed E-state index contributed by atoms with van der Waals surface area (Å²) in [6.45, 7) is 0.619. The van der Waals surface area contributed by atoms with Crippen molar-refractivity contribution in [3.05, 3.63) is 0 Å². The highest BCUT2D eigenvalue weighted by Crippen LogP contribution is 2.25. The van der Waals surface area contributed by atoms with Crippen LogP contribution in [0.25, 0.3) is 0 Å². The summed E-state index contributed by atoms with van der Waals surface area (Å²) in [6.07, 6.45) is 8.08. The Bertz CT molecular complexity index is 87.6. The summed E-state index contributed by atoms with van der Waals surface area (Å²) in [5.74, 6) is 0.871. The first-order valence-electron chi connectivity index (χ1n) is 4.62. The molecule has 1 rings (SSSR count). The van der Waals surface area contributed by atoms with E-state index >= 15 is 0 Å². The van der Waals surface area contributed by atoms with E-state index in [0.717, 1.165) is 18.9 Å². The van der Waals surface area contributed by atoms with E-state index in [0.29, 0.717) is 0 Å². The van der Waals surface area contributed by atoms with E-state index in [1.165, 1.54) is 32.1 Å². The molecular formula is C9H18O2. The largest absolute Gasteiger partial charge is 0.371 e. The van der Waals surface area contributed by atoms with E-state index in [4.69, 9.17) is 9.84 Å². The maximum atomic E-state index is 8.37. The predicted octanol–water partition coefficient (Wildman–Crippen LogP) is 1.92. The average Bonchev–Trinajstić information content (AvgIpc) is 2.07. The van der Waals surface area contributed by atoms with Crippen molar-refractivity contribution in [1.29, 1.82) is 0 Å². The molecule has 0 unspecified atom stereocenters. The highest BCUT2D eigenvalue weighted by molar-refractivity contribution is 4.64. The van der Waals surface area contributed by atoms with Gasteiger partial charge in [-0.1, -0.05) is 32.1 Å². The second kappa shape index (κ2) is 5.56. The maximum Gasteiger partial charge on any atom is 0.143 e. The average molecular weight is 158 g/mol. The molecule has 1 N–H and O–H groups in total. The van der Waals surface area contributed by atoms with Gasteiger partial charge in [-0.3, -0.25) is 0 Å². The zero-order chi connectivity index (χ0) is 7.94. The number of rotatable bonds is 4. The molecule has 0 aliphatic heterocycles.